The first-order valence-electron chi connectivity index (χ1n) is 10.0. The van der Waals surface area contributed by atoms with Gasteiger partial charge in [0.25, 0.3) is 0 Å². The first-order chi connectivity index (χ1) is 14.1. The maximum atomic E-state index is 13.2. The smallest absolute Gasteiger partial charge is 0.225 e. The molecule has 1 aliphatic rings. The quantitative estimate of drug-likeness (QED) is 0.645. The molecule has 0 unspecified atom stereocenters. The zero-order valence-electron chi connectivity index (χ0n) is 16.6. The van der Waals surface area contributed by atoms with Crippen molar-refractivity contribution in [2.75, 3.05) is 32.1 Å². The summed E-state index contributed by atoms with van der Waals surface area (Å²) in [6.45, 7) is 2.65. The molecule has 0 atom stereocenters. The fourth-order valence-corrected chi connectivity index (χ4v) is 4.10. The largest absolute Gasteiger partial charge is 0.497 e. The van der Waals surface area contributed by atoms with Gasteiger partial charge in [0.05, 0.1) is 7.11 Å². The zero-order valence-corrected chi connectivity index (χ0v) is 16.6. The fourth-order valence-electron chi connectivity index (χ4n) is 4.10. The lowest BCUT2D eigenvalue weighted by Gasteiger charge is -2.31. The minimum atomic E-state index is -0.347. The normalized spacial score (nSPS) is 15.5. The van der Waals surface area contributed by atoms with Crippen molar-refractivity contribution >= 4 is 22.5 Å². The summed E-state index contributed by atoms with van der Waals surface area (Å²) in [4.78, 5) is 17.8. The van der Waals surface area contributed by atoms with E-state index in [2.05, 4.69) is 33.5 Å². The van der Waals surface area contributed by atoms with Crippen LogP contribution >= 0.6 is 0 Å². The number of aromatic amines is 1. The van der Waals surface area contributed by atoms with E-state index in [0.29, 0.717) is 18.0 Å². The number of nitrogens with one attached hydrogen (secondary N) is 2. The molecule has 0 radical (unpaired) electrons. The van der Waals surface area contributed by atoms with Gasteiger partial charge in [-0.25, -0.2) is 4.39 Å². The average Bonchev–Trinajstić information content (AvgIpc) is 3.16. The summed E-state index contributed by atoms with van der Waals surface area (Å²) in [6.07, 6.45) is 4.66. The van der Waals surface area contributed by atoms with Crippen LogP contribution < -0.4 is 10.1 Å². The molecule has 2 heterocycles. The number of ether oxygens (including phenoxy) is 1. The number of aromatic nitrogens is 1. The van der Waals surface area contributed by atoms with Crippen LogP contribution in [0.15, 0.2) is 48.7 Å². The number of anilines is 1. The van der Waals surface area contributed by atoms with Gasteiger partial charge in [-0.3, -0.25) is 4.79 Å². The molecule has 6 heteroatoms. The Labute approximate surface area is 169 Å². The van der Waals surface area contributed by atoms with Crippen LogP contribution in [0.2, 0.25) is 0 Å². The van der Waals surface area contributed by atoms with Crippen LogP contribution in [0.4, 0.5) is 10.1 Å². The van der Waals surface area contributed by atoms with E-state index in [4.69, 9.17) is 4.74 Å². The van der Waals surface area contributed by atoms with Crippen molar-refractivity contribution in [2.45, 2.75) is 25.2 Å². The average molecular weight is 395 g/mol. The molecule has 0 spiro atoms. The predicted octanol–water partition coefficient (Wildman–Crippen LogP) is 4.52. The summed E-state index contributed by atoms with van der Waals surface area (Å²) in [5.41, 5.74) is 2.99. The van der Waals surface area contributed by atoms with E-state index in [1.165, 1.54) is 23.1 Å². The van der Waals surface area contributed by atoms with E-state index in [1.54, 1.807) is 19.2 Å². The van der Waals surface area contributed by atoms with Crippen molar-refractivity contribution in [1.82, 2.24) is 9.88 Å². The summed E-state index contributed by atoms with van der Waals surface area (Å²) in [5.74, 6) is 0.953. The molecule has 0 bridgehead atoms. The SMILES string of the molecule is COc1ccc2[nH]cc(C3CCN(CCC(=O)Nc4cccc(F)c4)CC3)c2c1. The van der Waals surface area contributed by atoms with Gasteiger partial charge in [-0.05, 0) is 73.8 Å². The number of hydrogen-bond acceptors (Lipinski definition) is 3. The fraction of sp³-hybridized carbons (Fsp3) is 0.348. The van der Waals surface area contributed by atoms with Crippen molar-refractivity contribution in [2.24, 2.45) is 0 Å². The second-order valence-corrected chi connectivity index (χ2v) is 7.58. The van der Waals surface area contributed by atoms with E-state index in [-0.39, 0.29) is 11.7 Å². The standard InChI is InChI=1S/C23H26FN3O2/c1-29-19-5-6-22-20(14-19)21(15-25-22)16-7-10-27(11-8-16)12-9-23(28)26-18-4-2-3-17(24)13-18/h2-6,13-16,25H,7-12H2,1H3,(H,26,28). The molecule has 1 amide bonds. The summed E-state index contributed by atoms with van der Waals surface area (Å²) in [7, 11) is 1.69. The van der Waals surface area contributed by atoms with Crippen LogP contribution in [0.5, 0.6) is 5.75 Å². The van der Waals surface area contributed by atoms with Crippen LogP contribution in [-0.4, -0.2) is 42.5 Å². The summed E-state index contributed by atoms with van der Waals surface area (Å²) in [6, 6.07) is 12.1. The molecular weight excluding hydrogens is 369 g/mol. The molecule has 1 fully saturated rings. The summed E-state index contributed by atoms with van der Waals surface area (Å²) >= 11 is 0. The number of halogens is 1. The van der Waals surface area contributed by atoms with Gasteiger partial charge >= 0.3 is 0 Å². The monoisotopic (exact) mass is 395 g/mol. The Morgan fingerprint density at radius 2 is 2.07 bits per heavy atom. The number of hydrogen-bond donors (Lipinski definition) is 2. The highest BCUT2D eigenvalue weighted by Crippen LogP contribution is 2.34. The molecule has 4 rings (SSSR count). The number of methoxy groups -OCH3 is 1. The highest BCUT2D eigenvalue weighted by Gasteiger charge is 2.23. The van der Waals surface area contributed by atoms with E-state index in [1.807, 2.05) is 6.07 Å². The molecule has 2 aromatic carbocycles. The molecule has 1 aliphatic heterocycles. The van der Waals surface area contributed by atoms with Gasteiger partial charge in [0.15, 0.2) is 0 Å². The molecule has 0 aliphatic carbocycles. The zero-order chi connectivity index (χ0) is 20.2. The lowest BCUT2D eigenvalue weighted by atomic mass is 9.89. The highest BCUT2D eigenvalue weighted by molar-refractivity contribution is 5.90. The van der Waals surface area contributed by atoms with E-state index >= 15 is 0 Å². The van der Waals surface area contributed by atoms with Gasteiger partial charge in [0, 0.05) is 35.8 Å². The van der Waals surface area contributed by atoms with Gasteiger partial charge in [-0.2, -0.15) is 0 Å². The maximum Gasteiger partial charge on any atom is 0.225 e. The number of H-pyrrole nitrogens is 1. The predicted molar refractivity (Wildman–Crippen MR) is 113 cm³/mol. The number of fused-ring (bicyclic) bond motifs is 1. The number of carbonyl (C=O) groups excluding carboxylic acids is 1. The summed E-state index contributed by atoms with van der Waals surface area (Å²) < 4.78 is 18.6. The first-order valence-corrected chi connectivity index (χ1v) is 10.0. The number of carbonyl (C=O) groups is 1. The first kappa shape index (κ1) is 19.5. The third kappa shape index (κ3) is 4.59. The number of piperidine rings is 1. The molecule has 0 saturated carbocycles. The molecule has 5 nitrogen and oxygen atoms in total. The van der Waals surface area contributed by atoms with Crippen molar-refractivity contribution in [3.8, 4) is 5.75 Å². The van der Waals surface area contributed by atoms with Gasteiger partial charge in [0.1, 0.15) is 11.6 Å². The Kier molecular flexibility index (Phi) is 5.81. The molecular formula is C23H26FN3O2. The van der Waals surface area contributed by atoms with Crippen LogP contribution in [0.25, 0.3) is 10.9 Å². The van der Waals surface area contributed by atoms with E-state index < -0.39 is 0 Å². The van der Waals surface area contributed by atoms with E-state index in [0.717, 1.165) is 43.7 Å². The Balaban J connectivity index is 1.29. The maximum absolute atomic E-state index is 13.2. The van der Waals surface area contributed by atoms with Crippen molar-refractivity contribution in [1.29, 1.82) is 0 Å². The Bertz CT molecular complexity index is 993. The molecule has 1 saturated heterocycles. The Hall–Kier alpha value is -2.86. The van der Waals surface area contributed by atoms with Crippen LogP contribution in [0.3, 0.4) is 0 Å². The van der Waals surface area contributed by atoms with Crippen molar-refractivity contribution in [3.63, 3.8) is 0 Å². The van der Waals surface area contributed by atoms with Crippen LogP contribution in [0, 0.1) is 5.82 Å². The number of rotatable bonds is 6. The molecule has 2 N–H and O–H groups in total. The van der Waals surface area contributed by atoms with Gasteiger partial charge in [-0.1, -0.05) is 6.07 Å². The lowest BCUT2D eigenvalue weighted by molar-refractivity contribution is -0.116. The van der Waals surface area contributed by atoms with Crippen molar-refractivity contribution in [3.05, 3.63) is 60.0 Å². The van der Waals surface area contributed by atoms with Crippen molar-refractivity contribution < 1.29 is 13.9 Å². The summed E-state index contributed by atoms with van der Waals surface area (Å²) in [5, 5.41) is 4.00. The van der Waals surface area contributed by atoms with E-state index in [9.17, 15) is 9.18 Å². The topological polar surface area (TPSA) is 57.4 Å². The molecule has 3 aromatic rings. The molecule has 152 valence electrons. The Morgan fingerprint density at radius 3 is 2.83 bits per heavy atom. The lowest BCUT2D eigenvalue weighted by Crippen LogP contribution is -2.35. The third-order valence-electron chi connectivity index (χ3n) is 5.71. The Morgan fingerprint density at radius 1 is 1.24 bits per heavy atom. The van der Waals surface area contributed by atoms with Crippen LogP contribution in [-0.2, 0) is 4.79 Å². The highest BCUT2D eigenvalue weighted by atomic mass is 19.1. The number of benzene rings is 2. The number of amides is 1. The second kappa shape index (κ2) is 8.66. The third-order valence-corrected chi connectivity index (χ3v) is 5.71. The van der Waals surface area contributed by atoms with Crippen LogP contribution in [0.1, 0.15) is 30.7 Å². The minimum Gasteiger partial charge on any atom is -0.497 e. The van der Waals surface area contributed by atoms with Gasteiger partial charge < -0.3 is 19.9 Å². The van der Waals surface area contributed by atoms with Gasteiger partial charge in [-0.15, -0.1) is 0 Å². The second-order valence-electron chi connectivity index (χ2n) is 7.58. The number of likely N-dealkylation sites (tertiary alicyclic amines) is 1. The molecule has 1 aromatic heterocycles. The van der Waals surface area contributed by atoms with Gasteiger partial charge in [0.2, 0.25) is 5.91 Å². The number of nitrogens with zero attached hydrogens (tertiary/aromatic N) is 1. The minimum absolute atomic E-state index is 0.0820. The molecule has 29 heavy (non-hydrogen) atoms.